The maximum Gasteiger partial charge on any atom is 0.315 e. The van der Waals surface area contributed by atoms with E-state index in [4.69, 9.17) is 5.73 Å². The number of aromatic nitrogens is 2. The highest BCUT2D eigenvalue weighted by Gasteiger charge is 2.25. The molecule has 106 valence electrons. The van der Waals surface area contributed by atoms with Gasteiger partial charge in [-0.3, -0.25) is 0 Å². The van der Waals surface area contributed by atoms with Gasteiger partial charge >= 0.3 is 6.03 Å². The maximum atomic E-state index is 11.5. The van der Waals surface area contributed by atoms with Crippen molar-refractivity contribution in [3.05, 3.63) is 18.2 Å². The fourth-order valence-corrected chi connectivity index (χ4v) is 2.67. The molecule has 2 heterocycles. The minimum absolute atomic E-state index is 0.360. The summed E-state index contributed by atoms with van der Waals surface area (Å²) in [4.78, 5) is 19.9. The first-order valence-electron chi connectivity index (χ1n) is 6.90. The summed E-state index contributed by atoms with van der Waals surface area (Å²) >= 11 is 0. The van der Waals surface area contributed by atoms with E-state index >= 15 is 0 Å². The standard InChI is InChI=1S/C13H23N5O/c1-3-16(4-2)7-11-8-17-6-5-15-12(17)10-18(9-11)13(14)19/h5-6,11H,3-4,7-10H2,1-2H3,(H2,14,19)/t11-/m1/s1. The smallest absolute Gasteiger partial charge is 0.315 e. The molecule has 0 bridgehead atoms. The van der Waals surface area contributed by atoms with Crippen molar-refractivity contribution in [2.24, 2.45) is 11.7 Å². The number of primary amides is 1. The van der Waals surface area contributed by atoms with Crippen LogP contribution in [0.1, 0.15) is 19.7 Å². The lowest BCUT2D eigenvalue weighted by Gasteiger charge is -2.27. The first kappa shape index (κ1) is 13.9. The molecule has 0 aliphatic carbocycles. The van der Waals surface area contributed by atoms with Gasteiger partial charge in [0.25, 0.3) is 0 Å². The van der Waals surface area contributed by atoms with Crippen LogP contribution in [0, 0.1) is 5.92 Å². The van der Waals surface area contributed by atoms with Gasteiger partial charge in [-0.2, -0.15) is 0 Å². The molecule has 0 radical (unpaired) electrons. The van der Waals surface area contributed by atoms with E-state index in [1.165, 1.54) is 0 Å². The van der Waals surface area contributed by atoms with Crippen LogP contribution in [0.4, 0.5) is 4.79 Å². The zero-order chi connectivity index (χ0) is 13.8. The fourth-order valence-electron chi connectivity index (χ4n) is 2.67. The van der Waals surface area contributed by atoms with Crippen molar-refractivity contribution >= 4 is 6.03 Å². The third kappa shape index (κ3) is 3.26. The van der Waals surface area contributed by atoms with Crippen molar-refractivity contribution in [3.8, 4) is 0 Å². The molecule has 0 aromatic carbocycles. The second kappa shape index (κ2) is 6.06. The molecule has 6 nitrogen and oxygen atoms in total. The highest BCUT2D eigenvalue weighted by Crippen LogP contribution is 2.16. The number of hydrogen-bond donors (Lipinski definition) is 1. The lowest BCUT2D eigenvalue weighted by molar-refractivity contribution is 0.177. The lowest BCUT2D eigenvalue weighted by atomic mass is 10.1. The predicted octanol–water partition coefficient (Wildman–Crippen LogP) is 0.735. The summed E-state index contributed by atoms with van der Waals surface area (Å²) in [6, 6.07) is -0.360. The van der Waals surface area contributed by atoms with Crippen LogP contribution in [0.2, 0.25) is 0 Å². The molecule has 6 heteroatoms. The number of amides is 2. The molecular weight excluding hydrogens is 242 g/mol. The summed E-state index contributed by atoms with van der Waals surface area (Å²) in [5, 5.41) is 0. The van der Waals surface area contributed by atoms with E-state index in [0.29, 0.717) is 19.0 Å². The highest BCUT2D eigenvalue weighted by molar-refractivity contribution is 5.71. The van der Waals surface area contributed by atoms with E-state index in [1.54, 1.807) is 11.1 Å². The van der Waals surface area contributed by atoms with Crippen molar-refractivity contribution in [2.75, 3.05) is 26.2 Å². The Labute approximate surface area is 114 Å². The van der Waals surface area contributed by atoms with Gasteiger partial charge in [-0.05, 0) is 13.1 Å². The zero-order valence-corrected chi connectivity index (χ0v) is 11.7. The Kier molecular flexibility index (Phi) is 4.42. The van der Waals surface area contributed by atoms with Crippen molar-refractivity contribution in [1.29, 1.82) is 0 Å². The van der Waals surface area contributed by atoms with Crippen molar-refractivity contribution in [1.82, 2.24) is 19.4 Å². The largest absolute Gasteiger partial charge is 0.351 e. The SMILES string of the molecule is CCN(CC)C[C@H]1CN(C(N)=O)Cc2nccn2C1. The number of imidazole rings is 1. The molecule has 0 spiro atoms. The Hall–Kier alpha value is -1.56. The number of carbonyl (C=O) groups is 1. The van der Waals surface area contributed by atoms with Crippen LogP contribution in [0.25, 0.3) is 0 Å². The molecule has 1 atom stereocenters. The third-order valence-corrected chi connectivity index (χ3v) is 3.79. The van der Waals surface area contributed by atoms with E-state index in [2.05, 4.69) is 28.3 Å². The average molecular weight is 265 g/mol. The number of nitrogens with two attached hydrogens (primary N) is 1. The monoisotopic (exact) mass is 265 g/mol. The van der Waals surface area contributed by atoms with E-state index < -0.39 is 0 Å². The molecule has 2 N–H and O–H groups in total. The van der Waals surface area contributed by atoms with Crippen LogP contribution in [0.3, 0.4) is 0 Å². The number of fused-ring (bicyclic) bond motifs is 1. The molecule has 0 saturated carbocycles. The second-order valence-electron chi connectivity index (χ2n) is 5.07. The van der Waals surface area contributed by atoms with Gasteiger partial charge in [0.1, 0.15) is 5.82 Å². The Morgan fingerprint density at radius 2 is 2.21 bits per heavy atom. The quantitative estimate of drug-likeness (QED) is 0.873. The normalized spacial score (nSPS) is 19.3. The van der Waals surface area contributed by atoms with Crippen LogP contribution in [-0.4, -0.2) is 51.6 Å². The van der Waals surface area contributed by atoms with Crippen molar-refractivity contribution in [2.45, 2.75) is 26.9 Å². The van der Waals surface area contributed by atoms with E-state index in [1.807, 2.05) is 6.20 Å². The second-order valence-corrected chi connectivity index (χ2v) is 5.07. The fraction of sp³-hybridized carbons (Fsp3) is 0.692. The predicted molar refractivity (Wildman–Crippen MR) is 73.5 cm³/mol. The summed E-state index contributed by atoms with van der Waals surface area (Å²) < 4.78 is 2.14. The van der Waals surface area contributed by atoms with Gasteiger partial charge in [0.05, 0.1) is 6.54 Å². The van der Waals surface area contributed by atoms with Gasteiger partial charge in [0.15, 0.2) is 0 Å². The zero-order valence-electron chi connectivity index (χ0n) is 11.7. The van der Waals surface area contributed by atoms with Crippen LogP contribution in [0.5, 0.6) is 0 Å². The van der Waals surface area contributed by atoms with Gasteiger partial charge in [-0.15, -0.1) is 0 Å². The van der Waals surface area contributed by atoms with Gasteiger partial charge in [0.2, 0.25) is 0 Å². The molecule has 1 aromatic rings. The Balaban J connectivity index is 2.13. The summed E-state index contributed by atoms with van der Waals surface area (Å²) in [7, 11) is 0. The highest BCUT2D eigenvalue weighted by atomic mass is 16.2. The number of carbonyl (C=O) groups excluding carboxylic acids is 1. The average Bonchev–Trinajstić information content (AvgIpc) is 2.74. The number of hydrogen-bond acceptors (Lipinski definition) is 3. The van der Waals surface area contributed by atoms with Crippen molar-refractivity contribution in [3.63, 3.8) is 0 Å². The van der Waals surface area contributed by atoms with Gasteiger partial charge in [-0.1, -0.05) is 13.8 Å². The topological polar surface area (TPSA) is 67.4 Å². The Morgan fingerprint density at radius 1 is 1.47 bits per heavy atom. The maximum absolute atomic E-state index is 11.5. The molecule has 0 fully saturated rings. The Morgan fingerprint density at radius 3 is 2.84 bits per heavy atom. The molecule has 1 aliphatic heterocycles. The first-order chi connectivity index (χ1) is 9.13. The summed E-state index contributed by atoms with van der Waals surface area (Å²) in [6.45, 7) is 9.47. The van der Waals surface area contributed by atoms with Gasteiger partial charge < -0.3 is 20.1 Å². The number of rotatable bonds is 4. The third-order valence-electron chi connectivity index (χ3n) is 3.79. The minimum atomic E-state index is -0.360. The first-order valence-corrected chi connectivity index (χ1v) is 6.90. The summed E-state index contributed by atoms with van der Waals surface area (Å²) in [5.41, 5.74) is 5.46. The molecule has 19 heavy (non-hydrogen) atoms. The number of urea groups is 1. The van der Waals surface area contributed by atoms with Crippen LogP contribution >= 0.6 is 0 Å². The molecule has 0 unspecified atom stereocenters. The summed E-state index contributed by atoms with van der Waals surface area (Å²) in [5.74, 6) is 1.31. The van der Waals surface area contributed by atoms with E-state index in [9.17, 15) is 4.79 Å². The van der Waals surface area contributed by atoms with E-state index in [0.717, 1.165) is 32.0 Å². The lowest BCUT2D eigenvalue weighted by Crippen LogP contribution is -2.41. The molecule has 1 aromatic heterocycles. The van der Waals surface area contributed by atoms with Gasteiger partial charge in [-0.25, -0.2) is 9.78 Å². The molecule has 2 amide bonds. The Bertz CT molecular complexity index is 426. The van der Waals surface area contributed by atoms with Crippen LogP contribution in [-0.2, 0) is 13.1 Å². The molecule has 1 aliphatic rings. The van der Waals surface area contributed by atoms with Gasteiger partial charge in [0, 0.05) is 37.9 Å². The summed E-state index contributed by atoms with van der Waals surface area (Å²) in [6.07, 6.45) is 3.77. The molecule has 2 rings (SSSR count). The molecule has 0 saturated heterocycles. The van der Waals surface area contributed by atoms with Crippen LogP contribution in [0.15, 0.2) is 12.4 Å². The minimum Gasteiger partial charge on any atom is -0.351 e. The van der Waals surface area contributed by atoms with Crippen LogP contribution < -0.4 is 5.73 Å². The number of nitrogens with zero attached hydrogens (tertiary/aromatic N) is 4. The molecular formula is C13H23N5O. The van der Waals surface area contributed by atoms with Crippen molar-refractivity contribution < 1.29 is 4.79 Å². The van der Waals surface area contributed by atoms with E-state index in [-0.39, 0.29) is 6.03 Å².